The monoisotopic (exact) mass is 157 g/mol. The van der Waals surface area contributed by atoms with Gasteiger partial charge >= 0.3 is 0 Å². The molecule has 0 unspecified atom stereocenters. The number of rotatable bonds is 8. The Hall–Kier alpha value is -0.860. The zero-order valence-electron chi connectivity index (χ0n) is 6.71. The molecule has 0 aliphatic carbocycles. The number of carbonyl (C=O) groups is 2. The van der Waals surface area contributed by atoms with Gasteiger partial charge in [-0.25, -0.2) is 0 Å². The van der Waals surface area contributed by atoms with Gasteiger partial charge in [-0.05, 0) is 12.8 Å². The van der Waals surface area contributed by atoms with E-state index in [1.165, 1.54) is 0 Å². The molecule has 0 spiro atoms. The quantitative estimate of drug-likeness (QED) is 0.420. The Labute approximate surface area is 67.2 Å². The Kier molecular flexibility index (Phi) is 8.43. The molecule has 0 saturated heterocycles. The van der Waals surface area contributed by atoms with Crippen molar-refractivity contribution in [2.75, 3.05) is 6.54 Å². The normalized spacial score (nSPS) is 9.09. The second kappa shape index (κ2) is 9.14. The predicted molar refractivity (Wildman–Crippen MR) is 43.2 cm³/mol. The van der Waals surface area contributed by atoms with Gasteiger partial charge in [0.25, 0.3) is 0 Å². The summed E-state index contributed by atoms with van der Waals surface area (Å²) < 4.78 is 0. The number of unbranched alkanes of at least 4 members (excludes halogenated alkanes) is 4. The first-order valence-electron chi connectivity index (χ1n) is 4.02. The van der Waals surface area contributed by atoms with Crippen LogP contribution in [0.3, 0.4) is 0 Å². The van der Waals surface area contributed by atoms with Crippen molar-refractivity contribution in [3.63, 3.8) is 0 Å². The third kappa shape index (κ3) is 9.14. The summed E-state index contributed by atoms with van der Waals surface area (Å²) in [5, 5.41) is 2.59. The summed E-state index contributed by atoms with van der Waals surface area (Å²) in [6, 6.07) is 0. The fourth-order valence-corrected chi connectivity index (χ4v) is 0.867. The Morgan fingerprint density at radius 1 is 1.00 bits per heavy atom. The minimum absolute atomic E-state index is 0.668. The zero-order valence-corrected chi connectivity index (χ0v) is 6.71. The van der Waals surface area contributed by atoms with Crippen LogP contribution in [0.4, 0.5) is 0 Å². The Morgan fingerprint density at radius 3 is 2.36 bits per heavy atom. The Balaban J connectivity index is 2.79. The predicted octanol–water partition coefficient (Wildman–Crippen LogP) is 0.882. The van der Waals surface area contributed by atoms with E-state index in [4.69, 9.17) is 0 Å². The molecular weight excluding hydrogens is 142 g/mol. The van der Waals surface area contributed by atoms with E-state index in [0.717, 1.165) is 38.5 Å². The highest BCUT2D eigenvalue weighted by atomic mass is 16.1. The molecule has 0 aromatic heterocycles. The number of hydrogen-bond donors (Lipinski definition) is 1. The van der Waals surface area contributed by atoms with E-state index in [0.29, 0.717) is 12.8 Å². The Morgan fingerprint density at radius 2 is 1.73 bits per heavy atom. The molecule has 0 radical (unpaired) electrons. The Bertz CT molecular complexity index is 92.3. The topological polar surface area (TPSA) is 46.2 Å². The molecule has 1 N–H and O–H groups in total. The molecule has 0 heterocycles. The molecule has 0 fully saturated rings. The van der Waals surface area contributed by atoms with E-state index in [1.54, 1.807) is 0 Å². The van der Waals surface area contributed by atoms with Crippen molar-refractivity contribution < 1.29 is 9.59 Å². The molecule has 0 bridgehead atoms. The van der Waals surface area contributed by atoms with Gasteiger partial charge in [-0.2, -0.15) is 0 Å². The van der Waals surface area contributed by atoms with E-state index in [-0.39, 0.29) is 0 Å². The summed E-state index contributed by atoms with van der Waals surface area (Å²) in [6.07, 6.45) is 6.49. The minimum Gasteiger partial charge on any atom is -0.359 e. The lowest BCUT2D eigenvalue weighted by atomic mass is 10.1. The highest BCUT2D eigenvalue weighted by Gasteiger charge is 1.88. The first kappa shape index (κ1) is 10.1. The lowest BCUT2D eigenvalue weighted by Crippen LogP contribution is -2.11. The molecule has 3 heteroatoms. The largest absolute Gasteiger partial charge is 0.359 e. The molecule has 64 valence electrons. The molecule has 3 nitrogen and oxygen atoms in total. The third-order valence-electron chi connectivity index (χ3n) is 1.48. The first-order chi connectivity index (χ1) is 5.41. The fraction of sp³-hybridized carbons (Fsp3) is 0.750. The highest BCUT2D eigenvalue weighted by Crippen LogP contribution is 1.99. The van der Waals surface area contributed by atoms with Crippen LogP contribution in [0, 0.1) is 0 Å². The van der Waals surface area contributed by atoms with Crippen LogP contribution in [0.25, 0.3) is 0 Å². The van der Waals surface area contributed by atoms with Crippen molar-refractivity contribution in [1.82, 2.24) is 5.32 Å². The molecule has 0 aliphatic rings. The van der Waals surface area contributed by atoms with Crippen molar-refractivity contribution in [2.24, 2.45) is 0 Å². The first-order valence-corrected chi connectivity index (χ1v) is 4.02. The molecule has 0 aromatic carbocycles. The number of amides is 1. The molecule has 0 rings (SSSR count). The van der Waals surface area contributed by atoms with Crippen LogP contribution < -0.4 is 5.32 Å². The van der Waals surface area contributed by atoms with Gasteiger partial charge in [-0.15, -0.1) is 0 Å². The molecule has 0 aromatic rings. The van der Waals surface area contributed by atoms with E-state index in [2.05, 4.69) is 5.32 Å². The highest BCUT2D eigenvalue weighted by molar-refractivity contribution is 5.48. The average molecular weight is 157 g/mol. The maximum absolute atomic E-state index is 9.88. The smallest absolute Gasteiger partial charge is 0.207 e. The molecule has 0 atom stereocenters. The van der Waals surface area contributed by atoms with Crippen LogP contribution >= 0.6 is 0 Å². The second-order valence-electron chi connectivity index (χ2n) is 2.44. The van der Waals surface area contributed by atoms with Gasteiger partial charge in [0.05, 0.1) is 0 Å². The second-order valence-corrected chi connectivity index (χ2v) is 2.44. The van der Waals surface area contributed by atoms with Crippen molar-refractivity contribution in [3.05, 3.63) is 0 Å². The van der Waals surface area contributed by atoms with Crippen LogP contribution in [-0.4, -0.2) is 19.2 Å². The fourth-order valence-electron chi connectivity index (χ4n) is 0.867. The molecule has 0 aliphatic heterocycles. The van der Waals surface area contributed by atoms with E-state index in [1.807, 2.05) is 0 Å². The molecule has 11 heavy (non-hydrogen) atoms. The van der Waals surface area contributed by atoms with Gasteiger partial charge in [-0.3, -0.25) is 4.79 Å². The minimum atomic E-state index is 0.668. The average Bonchev–Trinajstić information content (AvgIpc) is 2.03. The number of nitrogens with one attached hydrogen (secondary N) is 1. The SMILES string of the molecule is O=CCCCCCCNC=O. The van der Waals surface area contributed by atoms with E-state index in [9.17, 15) is 9.59 Å². The summed E-state index contributed by atoms with van der Waals surface area (Å²) in [5.74, 6) is 0. The summed E-state index contributed by atoms with van der Waals surface area (Å²) >= 11 is 0. The summed E-state index contributed by atoms with van der Waals surface area (Å²) in [4.78, 5) is 19.7. The van der Waals surface area contributed by atoms with Crippen LogP contribution in [0.1, 0.15) is 32.1 Å². The lowest BCUT2D eigenvalue weighted by molar-refractivity contribution is -0.109. The van der Waals surface area contributed by atoms with Gasteiger partial charge in [-0.1, -0.05) is 12.8 Å². The summed E-state index contributed by atoms with van der Waals surface area (Å²) in [5.41, 5.74) is 0. The number of carbonyl (C=O) groups excluding carboxylic acids is 2. The van der Waals surface area contributed by atoms with Crippen molar-refractivity contribution in [1.29, 1.82) is 0 Å². The summed E-state index contributed by atoms with van der Waals surface area (Å²) in [6.45, 7) is 0.755. The maximum atomic E-state index is 9.88. The van der Waals surface area contributed by atoms with Gasteiger partial charge in [0.15, 0.2) is 0 Å². The zero-order chi connectivity index (χ0) is 8.36. The summed E-state index contributed by atoms with van der Waals surface area (Å²) in [7, 11) is 0. The molecular formula is C8H15NO2. The van der Waals surface area contributed by atoms with Gasteiger partial charge < -0.3 is 10.1 Å². The number of aldehydes is 1. The van der Waals surface area contributed by atoms with Crippen LogP contribution in [0.2, 0.25) is 0 Å². The number of hydrogen-bond acceptors (Lipinski definition) is 2. The lowest BCUT2D eigenvalue weighted by Gasteiger charge is -1.97. The molecule has 0 saturated carbocycles. The maximum Gasteiger partial charge on any atom is 0.207 e. The third-order valence-corrected chi connectivity index (χ3v) is 1.48. The van der Waals surface area contributed by atoms with E-state index < -0.39 is 0 Å². The van der Waals surface area contributed by atoms with Crippen molar-refractivity contribution in [3.8, 4) is 0 Å². The van der Waals surface area contributed by atoms with Crippen molar-refractivity contribution >= 4 is 12.7 Å². The van der Waals surface area contributed by atoms with Gasteiger partial charge in [0, 0.05) is 13.0 Å². The van der Waals surface area contributed by atoms with Gasteiger partial charge in [0.1, 0.15) is 6.29 Å². The van der Waals surface area contributed by atoms with Gasteiger partial charge in [0.2, 0.25) is 6.41 Å². The van der Waals surface area contributed by atoms with E-state index >= 15 is 0 Å². The van der Waals surface area contributed by atoms with Crippen molar-refractivity contribution in [2.45, 2.75) is 32.1 Å². The van der Waals surface area contributed by atoms with Crippen LogP contribution in [-0.2, 0) is 9.59 Å². The van der Waals surface area contributed by atoms with Crippen LogP contribution in [0.15, 0.2) is 0 Å². The standard InChI is InChI=1S/C8H15NO2/c10-7-5-3-1-2-4-6-9-8-11/h7-8H,1-6H2,(H,9,11). The molecule has 1 amide bonds. The van der Waals surface area contributed by atoms with Crippen LogP contribution in [0.5, 0.6) is 0 Å².